The van der Waals surface area contributed by atoms with Gasteiger partial charge in [0.2, 0.25) is 0 Å². The third-order valence-electron chi connectivity index (χ3n) is 1.08. The molecule has 0 atom stereocenters. The summed E-state index contributed by atoms with van der Waals surface area (Å²) < 4.78 is 4.54. The first kappa shape index (κ1) is 9.65. The molecule has 0 radical (unpaired) electrons. The van der Waals surface area contributed by atoms with Crippen molar-refractivity contribution in [3.8, 4) is 5.75 Å². The summed E-state index contributed by atoms with van der Waals surface area (Å²) in [4.78, 5) is 10.3. The van der Waals surface area contributed by atoms with Gasteiger partial charge in [-0.15, -0.1) is 0 Å². The van der Waals surface area contributed by atoms with E-state index < -0.39 is 5.43 Å². The van der Waals surface area contributed by atoms with Crippen molar-refractivity contribution in [1.82, 2.24) is 0 Å². The molecule has 0 saturated heterocycles. The second-order valence-corrected chi connectivity index (χ2v) is 3.07. The summed E-state index contributed by atoms with van der Waals surface area (Å²) in [5, 5.41) is 0.714. The Kier molecular flexibility index (Phi) is 3.20. The third kappa shape index (κ3) is 2.55. The average Bonchev–Trinajstić information content (AvgIpc) is 1.94. The number of ether oxygens (including phenoxy) is 1. The monoisotopic (exact) mass is 224 g/mol. The highest BCUT2D eigenvalue weighted by molar-refractivity contribution is 6.61. The van der Waals surface area contributed by atoms with E-state index in [4.69, 9.17) is 34.8 Å². The first-order chi connectivity index (χ1) is 5.59. The fraction of sp³-hybridized carbons (Fsp3) is 0. The molecule has 0 unspecified atom stereocenters. The molecule has 0 N–H and O–H groups in total. The summed E-state index contributed by atoms with van der Waals surface area (Å²) in [5.41, 5.74) is -0.931. The zero-order chi connectivity index (χ0) is 9.14. The summed E-state index contributed by atoms with van der Waals surface area (Å²) in [6.45, 7) is 0. The van der Waals surface area contributed by atoms with Crippen LogP contribution in [0.4, 0.5) is 4.79 Å². The fourth-order valence-corrected chi connectivity index (χ4v) is 1.17. The van der Waals surface area contributed by atoms with Crippen LogP contribution in [0.3, 0.4) is 0 Å². The SMILES string of the molecule is O=C(Cl)Oc1ccc(Cl)cc1Cl. The normalized spacial score (nSPS) is 9.58. The van der Waals surface area contributed by atoms with E-state index in [1.165, 1.54) is 12.1 Å². The molecule has 1 rings (SSSR count). The lowest BCUT2D eigenvalue weighted by molar-refractivity contribution is 0.225. The van der Waals surface area contributed by atoms with Gasteiger partial charge in [-0.1, -0.05) is 23.2 Å². The van der Waals surface area contributed by atoms with E-state index in [2.05, 4.69) is 4.74 Å². The number of hydrogen-bond acceptors (Lipinski definition) is 2. The molecule has 1 aromatic carbocycles. The maximum atomic E-state index is 10.3. The van der Waals surface area contributed by atoms with Crippen LogP contribution in [0.1, 0.15) is 0 Å². The molecule has 0 fully saturated rings. The summed E-state index contributed by atoms with van der Waals surface area (Å²) in [5.74, 6) is 0.195. The van der Waals surface area contributed by atoms with Crippen LogP contribution in [0.2, 0.25) is 10.0 Å². The molecule has 0 amide bonds. The van der Waals surface area contributed by atoms with E-state index in [1.807, 2.05) is 0 Å². The highest BCUT2D eigenvalue weighted by atomic mass is 35.5. The number of hydrogen-bond donors (Lipinski definition) is 0. The molecule has 0 spiro atoms. The predicted octanol–water partition coefficient (Wildman–Crippen LogP) is 3.73. The van der Waals surface area contributed by atoms with Crippen LogP contribution in [0, 0.1) is 0 Å². The lowest BCUT2D eigenvalue weighted by atomic mass is 10.3. The molecular formula is C7H3Cl3O2. The summed E-state index contributed by atoms with van der Waals surface area (Å²) in [7, 11) is 0. The Balaban J connectivity index is 2.93. The molecule has 1 aromatic rings. The molecule has 0 aromatic heterocycles. The second-order valence-electron chi connectivity index (χ2n) is 1.91. The standard InChI is InChI=1S/C7H3Cl3O2/c8-4-1-2-6(5(9)3-4)12-7(10)11/h1-3H. The second kappa shape index (κ2) is 3.99. The largest absolute Gasteiger partial charge is 0.413 e. The Bertz CT molecular complexity index is 312. The smallest absolute Gasteiger partial charge is 0.409 e. The van der Waals surface area contributed by atoms with Crippen LogP contribution in [-0.2, 0) is 0 Å². The van der Waals surface area contributed by atoms with Gasteiger partial charge in [-0.25, -0.2) is 4.79 Å². The van der Waals surface area contributed by atoms with Crippen molar-refractivity contribution >= 4 is 40.2 Å². The average molecular weight is 225 g/mol. The van der Waals surface area contributed by atoms with Crippen molar-refractivity contribution in [1.29, 1.82) is 0 Å². The summed E-state index contributed by atoms with van der Waals surface area (Å²) in [6.07, 6.45) is 0. The first-order valence-electron chi connectivity index (χ1n) is 2.92. The van der Waals surface area contributed by atoms with Crippen LogP contribution in [0.25, 0.3) is 0 Å². The summed E-state index contributed by atoms with van der Waals surface area (Å²) in [6, 6.07) is 4.46. The molecule has 12 heavy (non-hydrogen) atoms. The molecule has 0 aliphatic carbocycles. The fourth-order valence-electron chi connectivity index (χ4n) is 0.644. The molecule has 0 bridgehead atoms. The molecule has 0 saturated carbocycles. The van der Waals surface area contributed by atoms with Gasteiger partial charge in [0.15, 0.2) is 5.75 Å². The van der Waals surface area contributed by atoms with Gasteiger partial charge >= 0.3 is 5.43 Å². The van der Waals surface area contributed by atoms with Gasteiger partial charge in [0.05, 0.1) is 5.02 Å². The zero-order valence-corrected chi connectivity index (χ0v) is 7.95. The van der Waals surface area contributed by atoms with Crippen LogP contribution < -0.4 is 4.74 Å². The van der Waals surface area contributed by atoms with E-state index in [9.17, 15) is 4.79 Å². The van der Waals surface area contributed by atoms with Gasteiger partial charge < -0.3 is 4.74 Å². The molecule has 0 heterocycles. The number of rotatable bonds is 1. The molecule has 64 valence electrons. The van der Waals surface area contributed by atoms with Crippen molar-refractivity contribution in [3.63, 3.8) is 0 Å². The highest BCUT2D eigenvalue weighted by Gasteiger charge is 2.05. The number of benzene rings is 1. The van der Waals surface area contributed by atoms with Crippen molar-refractivity contribution < 1.29 is 9.53 Å². The van der Waals surface area contributed by atoms with Gasteiger partial charge in [0.25, 0.3) is 0 Å². The predicted molar refractivity (Wildman–Crippen MR) is 48.3 cm³/mol. The summed E-state index contributed by atoms with van der Waals surface area (Å²) >= 11 is 16.2. The minimum absolute atomic E-state index is 0.195. The van der Waals surface area contributed by atoms with Gasteiger partial charge in [-0.2, -0.15) is 0 Å². The topological polar surface area (TPSA) is 26.3 Å². The van der Waals surface area contributed by atoms with Crippen LogP contribution >= 0.6 is 34.8 Å². The van der Waals surface area contributed by atoms with Crippen molar-refractivity contribution in [2.75, 3.05) is 0 Å². The van der Waals surface area contributed by atoms with Gasteiger partial charge in [-0.05, 0) is 18.2 Å². The van der Waals surface area contributed by atoms with Crippen LogP contribution in [0.5, 0.6) is 5.75 Å². The van der Waals surface area contributed by atoms with E-state index in [-0.39, 0.29) is 10.8 Å². The van der Waals surface area contributed by atoms with Crippen molar-refractivity contribution in [2.24, 2.45) is 0 Å². The number of halogens is 3. The van der Waals surface area contributed by atoms with Crippen molar-refractivity contribution in [3.05, 3.63) is 28.2 Å². The highest BCUT2D eigenvalue weighted by Crippen LogP contribution is 2.27. The Labute approximate surface area is 84.0 Å². The van der Waals surface area contributed by atoms with Crippen LogP contribution in [0.15, 0.2) is 18.2 Å². The minimum Gasteiger partial charge on any atom is -0.413 e. The van der Waals surface area contributed by atoms with Gasteiger partial charge in [-0.3, -0.25) is 0 Å². The quantitative estimate of drug-likeness (QED) is 0.681. The Hall–Kier alpha value is -0.440. The lowest BCUT2D eigenvalue weighted by Gasteiger charge is -2.01. The van der Waals surface area contributed by atoms with Gasteiger partial charge in [0, 0.05) is 16.6 Å². The van der Waals surface area contributed by atoms with E-state index in [0.717, 1.165) is 0 Å². The zero-order valence-electron chi connectivity index (χ0n) is 5.68. The molecule has 5 heteroatoms. The van der Waals surface area contributed by atoms with Crippen molar-refractivity contribution in [2.45, 2.75) is 0 Å². The molecular weight excluding hydrogens is 222 g/mol. The van der Waals surface area contributed by atoms with E-state index in [0.29, 0.717) is 5.02 Å². The number of carbonyl (C=O) groups excluding carboxylic acids is 1. The van der Waals surface area contributed by atoms with E-state index in [1.54, 1.807) is 6.07 Å². The maximum absolute atomic E-state index is 10.3. The molecule has 0 aliphatic heterocycles. The third-order valence-corrected chi connectivity index (χ3v) is 1.69. The molecule has 0 aliphatic rings. The lowest BCUT2D eigenvalue weighted by Crippen LogP contribution is -1.96. The minimum atomic E-state index is -0.931. The van der Waals surface area contributed by atoms with Crippen LogP contribution in [-0.4, -0.2) is 5.43 Å². The van der Waals surface area contributed by atoms with E-state index >= 15 is 0 Å². The molecule has 2 nitrogen and oxygen atoms in total. The first-order valence-corrected chi connectivity index (χ1v) is 4.05. The maximum Gasteiger partial charge on any atom is 0.409 e. The number of carbonyl (C=O) groups is 1. The Morgan fingerprint density at radius 1 is 1.33 bits per heavy atom. The van der Waals surface area contributed by atoms with Gasteiger partial charge in [0.1, 0.15) is 0 Å². The Morgan fingerprint density at radius 3 is 2.50 bits per heavy atom. The Morgan fingerprint density at radius 2 is 2.00 bits per heavy atom.